The summed E-state index contributed by atoms with van der Waals surface area (Å²) in [5, 5.41) is 11.0. The van der Waals surface area contributed by atoms with Crippen LogP contribution < -0.4 is 0 Å². The van der Waals surface area contributed by atoms with E-state index in [9.17, 15) is 5.11 Å². The van der Waals surface area contributed by atoms with E-state index in [-0.39, 0.29) is 6.10 Å². The number of halogens is 1. The number of aliphatic hydroxyl groups excluding tert-OH is 1. The molecule has 3 rings (SSSR count). The predicted octanol–water partition coefficient (Wildman–Crippen LogP) is 2.42. The Kier molecular flexibility index (Phi) is 2.46. The summed E-state index contributed by atoms with van der Waals surface area (Å²) in [6.45, 7) is 2.14. The van der Waals surface area contributed by atoms with Gasteiger partial charge in [-0.3, -0.25) is 0 Å². The Morgan fingerprint density at radius 3 is 3.00 bits per heavy atom. The maximum Gasteiger partial charge on any atom is 0.0828 e. The summed E-state index contributed by atoms with van der Waals surface area (Å²) in [4.78, 5) is 2.34. The van der Waals surface area contributed by atoms with Crippen molar-refractivity contribution >= 4 is 11.6 Å². The molecular weight excluding hydrogens is 222 g/mol. The van der Waals surface area contributed by atoms with E-state index in [1.54, 1.807) is 0 Å². The second kappa shape index (κ2) is 3.73. The first-order valence-electron chi connectivity index (χ1n) is 5.83. The van der Waals surface area contributed by atoms with Gasteiger partial charge >= 0.3 is 0 Å². The zero-order valence-corrected chi connectivity index (χ0v) is 10.1. The van der Waals surface area contributed by atoms with Gasteiger partial charge in [0.05, 0.1) is 6.10 Å². The fourth-order valence-electron chi connectivity index (χ4n) is 3.21. The van der Waals surface area contributed by atoms with Crippen LogP contribution in [0, 0.1) is 5.92 Å². The molecule has 1 heterocycles. The largest absolute Gasteiger partial charge is 0.388 e. The minimum absolute atomic E-state index is 0.313. The van der Waals surface area contributed by atoms with Crippen molar-refractivity contribution in [1.82, 2.24) is 4.90 Å². The van der Waals surface area contributed by atoms with Gasteiger partial charge < -0.3 is 10.0 Å². The normalized spacial score (nSPS) is 33.6. The summed E-state index contributed by atoms with van der Waals surface area (Å²) in [6.07, 6.45) is 0.765. The lowest BCUT2D eigenvalue weighted by molar-refractivity contribution is 0.0691. The monoisotopic (exact) mass is 237 g/mol. The average molecular weight is 238 g/mol. The zero-order chi connectivity index (χ0) is 11.3. The first kappa shape index (κ1) is 10.6. The number of benzene rings is 1. The van der Waals surface area contributed by atoms with Crippen LogP contribution in [0.3, 0.4) is 0 Å². The van der Waals surface area contributed by atoms with Crippen LogP contribution in [0.1, 0.15) is 29.6 Å². The van der Waals surface area contributed by atoms with Gasteiger partial charge in [0.15, 0.2) is 0 Å². The lowest BCUT2D eigenvalue weighted by Crippen LogP contribution is -2.35. The van der Waals surface area contributed by atoms with E-state index in [2.05, 4.69) is 18.0 Å². The van der Waals surface area contributed by atoms with E-state index in [0.717, 1.165) is 30.1 Å². The fraction of sp³-hybridized carbons (Fsp3) is 0.538. The Morgan fingerprint density at radius 2 is 2.19 bits per heavy atom. The van der Waals surface area contributed by atoms with E-state index in [0.29, 0.717) is 11.8 Å². The first-order valence-corrected chi connectivity index (χ1v) is 6.20. The minimum Gasteiger partial charge on any atom is -0.388 e. The summed E-state index contributed by atoms with van der Waals surface area (Å²) in [5.41, 5.74) is 2.35. The third kappa shape index (κ3) is 1.48. The third-order valence-corrected chi connectivity index (χ3v) is 4.28. The van der Waals surface area contributed by atoms with Crippen molar-refractivity contribution in [3.8, 4) is 0 Å². The summed E-state index contributed by atoms with van der Waals surface area (Å²) in [6, 6.07) is 5.95. The van der Waals surface area contributed by atoms with E-state index in [1.165, 1.54) is 5.56 Å². The molecule has 0 amide bonds. The van der Waals surface area contributed by atoms with Gasteiger partial charge in [0.1, 0.15) is 0 Å². The van der Waals surface area contributed by atoms with Crippen molar-refractivity contribution in [3.63, 3.8) is 0 Å². The second-order valence-corrected chi connectivity index (χ2v) is 5.48. The number of piperidine rings is 1. The van der Waals surface area contributed by atoms with Gasteiger partial charge in [-0.05, 0) is 49.2 Å². The molecule has 0 saturated carbocycles. The van der Waals surface area contributed by atoms with Gasteiger partial charge in [-0.15, -0.1) is 0 Å². The summed E-state index contributed by atoms with van der Waals surface area (Å²) < 4.78 is 0. The van der Waals surface area contributed by atoms with Crippen molar-refractivity contribution in [3.05, 3.63) is 34.3 Å². The Balaban J connectivity index is 2.03. The molecule has 16 heavy (non-hydrogen) atoms. The highest BCUT2D eigenvalue weighted by Crippen LogP contribution is 2.49. The number of likely N-dealkylation sites (tertiary alicyclic amines) is 1. The minimum atomic E-state index is -0.313. The van der Waals surface area contributed by atoms with Gasteiger partial charge in [0.25, 0.3) is 0 Å². The molecule has 0 radical (unpaired) electrons. The molecule has 3 atom stereocenters. The summed E-state index contributed by atoms with van der Waals surface area (Å²) in [7, 11) is 2.15. The van der Waals surface area contributed by atoms with E-state index >= 15 is 0 Å². The second-order valence-electron chi connectivity index (χ2n) is 5.04. The van der Waals surface area contributed by atoms with Gasteiger partial charge in [-0.1, -0.05) is 17.7 Å². The van der Waals surface area contributed by atoms with Gasteiger partial charge in [-0.2, -0.15) is 0 Å². The number of fused-ring (bicyclic) bond motifs is 3. The molecule has 2 nitrogen and oxygen atoms in total. The Hall–Kier alpha value is -0.570. The molecule has 3 unspecified atom stereocenters. The van der Waals surface area contributed by atoms with Crippen LogP contribution in [0.15, 0.2) is 18.2 Å². The first-order chi connectivity index (χ1) is 7.66. The van der Waals surface area contributed by atoms with Crippen molar-refractivity contribution in [1.29, 1.82) is 0 Å². The average Bonchev–Trinajstić information content (AvgIpc) is 2.52. The van der Waals surface area contributed by atoms with Gasteiger partial charge in [-0.25, -0.2) is 0 Å². The van der Waals surface area contributed by atoms with Crippen LogP contribution in [0.5, 0.6) is 0 Å². The Bertz CT molecular complexity index is 420. The number of aliphatic hydroxyl groups is 1. The molecule has 1 fully saturated rings. The van der Waals surface area contributed by atoms with E-state index in [4.69, 9.17) is 11.6 Å². The van der Waals surface area contributed by atoms with Crippen molar-refractivity contribution in [2.75, 3.05) is 20.1 Å². The molecule has 2 aliphatic rings. The Morgan fingerprint density at radius 1 is 1.38 bits per heavy atom. The number of hydrogen-bond donors (Lipinski definition) is 1. The van der Waals surface area contributed by atoms with Gasteiger partial charge in [0, 0.05) is 17.5 Å². The molecule has 1 aromatic carbocycles. The van der Waals surface area contributed by atoms with Crippen LogP contribution in [0.4, 0.5) is 0 Å². The molecular formula is C13H16ClNO. The quantitative estimate of drug-likeness (QED) is 0.749. The van der Waals surface area contributed by atoms with Crippen molar-refractivity contribution in [2.24, 2.45) is 5.92 Å². The smallest absolute Gasteiger partial charge is 0.0828 e. The van der Waals surface area contributed by atoms with Crippen LogP contribution in [0.25, 0.3) is 0 Å². The predicted molar refractivity (Wildman–Crippen MR) is 64.8 cm³/mol. The highest BCUT2D eigenvalue weighted by molar-refractivity contribution is 6.30. The maximum atomic E-state index is 10.3. The molecule has 0 spiro atoms. The number of nitrogens with zero attached hydrogens (tertiary/aromatic N) is 1. The number of hydrogen-bond acceptors (Lipinski definition) is 2. The SMILES string of the molecule is CN1CCC2C(O)c3cc(Cl)ccc3C2C1. The lowest BCUT2D eigenvalue weighted by atomic mass is 9.85. The molecule has 1 aliphatic heterocycles. The highest BCUT2D eigenvalue weighted by atomic mass is 35.5. The van der Waals surface area contributed by atoms with Crippen LogP contribution >= 0.6 is 11.6 Å². The molecule has 0 aromatic heterocycles. The zero-order valence-electron chi connectivity index (χ0n) is 9.36. The lowest BCUT2D eigenvalue weighted by Gasteiger charge is -2.33. The van der Waals surface area contributed by atoms with E-state index < -0.39 is 0 Å². The van der Waals surface area contributed by atoms with Crippen LogP contribution in [-0.2, 0) is 0 Å². The van der Waals surface area contributed by atoms with Gasteiger partial charge in [0.2, 0.25) is 0 Å². The molecule has 1 N–H and O–H groups in total. The topological polar surface area (TPSA) is 23.5 Å². The molecule has 1 aliphatic carbocycles. The van der Waals surface area contributed by atoms with Crippen molar-refractivity contribution < 1.29 is 5.11 Å². The number of likely N-dealkylation sites (N-methyl/N-ethyl adjacent to an activating group) is 1. The third-order valence-electron chi connectivity index (χ3n) is 4.04. The van der Waals surface area contributed by atoms with Crippen molar-refractivity contribution in [2.45, 2.75) is 18.4 Å². The molecule has 1 saturated heterocycles. The molecule has 0 bridgehead atoms. The molecule has 3 heteroatoms. The standard InChI is InChI=1S/C13H16ClNO/c1-15-5-4-10-12(7-15)9-3-2-8(14)6-11(9)13(10)16/h2-3,6,10,12-13,16H,4-5,7H2,1H3. The highest BCUT2D eigenvalue weighted by Gasteiger charge is 2.42. The fourth-order valence-corrected chi connectivity index (χ4v) is 3.39. The molecule has 86 valence electrons. The summed E-state index contributed by atoms with van der Waals surface area (Å²) in [5.74, 6) is 0.880. The maximum absolute atomic E-state index is 10.3. The molecule has 1 aromatic rings. The number of rotatable bonds is 0. The Labute approximate surface area is 101 Å². The van der Waals surface area contributed by atoms with E-state index in [1.807, 2.05) is 12.1 Å². The van der Waals surface area contributed by atoms with Crippen LogP contribution in [0.2, 0.25) is 5.02 Å². The van der Waals surface area contributed by atoms with Crippen LogP contribution in [-0.4, -0.2) is 30.1 Å². The summed E-state index contributed by atoms with van der Waals surface area (Å²) >= 11 is 5.99.